The maximum atomic E-state index is 12.9. The van der Waals surface area contributed by atoms with Gasteiger partial charge in [0.15, 0.2) is 5.75 Å². The molecule has 2 N–H and O–H groups in total. The highest BCUT2D eigenvalue weighted by Crippen LogP contribution is 2.30. The summed E-state index contributed by atoms with van der Waals surface area (Å²) in [7, 11) is 0. The molecular weight excluding hydrogens is 364 g/mol. The Labute approximate surface area is 170 Å². The van der Waals surface area contributed by atoms with Crippen LogP contribution >= 0.6 is 0 Å². The number of benzene rings is 3. The van der Waals surface area contributed by atoms with E-state index in [1.165, 1.54) is 0 Å². The molecule has 148 valence electrons. The van der Waals surface area contributed by atoms with E-state index in [0.717, 1.165) is 5.56 Å². The van der Waals surface area contributed by atoms with Gasteiger partial charge in [-0.05, 0) is 43.7 Å². The Balaban J connectivity index is 1.68. The molecule has 0 atom stereocenters. The summed E-state index contributed by atoms with van der Waals surface area (Å²) in [5, 5.41) is 5.65. The highest BCUT2D eigenvalue weighted by atomic mass is 16.5. The van der Waals surface area contributed by atoms with Gasteiger partial charge in [0.2, 0.25) is 11.8 Å². The predicted molar refractivity (Wildman–Crippen MR) is 114 cm³/mol. The third-order valence-corrected chi connectivity index (χ3v) is 4.54. The molecule has 5 nitrogen and oxygen atoms in total. The van der Waals surface area contributed by atoms with Gasteiger partial charge in [0, 0.05) is 6.54 Å². The Hall–Kier alpha value is -3.60. The van der Waals surface area contributed by atoms with Gasteiger partial charge in [0.25, 0.3) is 0 Å². The third-order valence-electron chi connectivity index (χ3n) is 4.54. The lowest BCUT2D eigenvalue weighted by atomic mass is 9.90. The first-order valence-corrected chi connectivity index (χ1v) is 9.42. The zero-order valence-electron chi connectivity index (χ0n) is 16.5. The monoisotopic (exact) mass is 388 g/mol. The Morgan fingerprint density at radius 1 is 0.793 bits per heavy atom. The number of hydrogen-bond donors (Lipinski definition) is 2. The SMILES string of the molecule is CC(C)(C(=O)NCc1ccccc1)C(=O)Nc1ccccc1Oc1ccccc1. The molecule has 2 amide bonds. The molecule has 0 aromatic heterocycles. The Bertz CT molecular complexity index is 970. The normalized spacial score (nSPS) is 10.8. The second kappa shape index (κ2) is 9.06. The fraction of sp³-hybridized carbons (Fsp3) is 0.167. The van der Waals surface area contributed by atoms with Crippen LogP contribution in [0.4, 0.5) is 5.69 Å². The summed E-state index contributed by atoms with van der Waals surface area (Å²) in [6.07, 6.45) is 0. The average Bonchev–Trinajstić information content (AvgIpc) is 2.74. The van der Waals surface area contributed by atoms with E-state index < -0.39 is 11.3 Å². The summed E-state index contributed by atoms with van der Waals surface area (Å²) >= 11 is 0. The molecule has 0 aliphatic carbocycles. The lowest BCUT2D eigenvalue weighted by Crippen LogP contribution is -2.44. The predicted octanol–water partition coefficient (Wildman–Crippen LogP) is 4.76. The number of carbonyl (C=O) groups excluding carboxylic acids is 2. The number of para-hydroxylation sites is 3. The third kappa shape index (κ3) is 5.23. The number of hydrogen-bond acceptors (Lipinski definition) is 3. The summed E-state index contributed by atoms with van der Waals surface area (Å²) < 4.78 is 5.87. The molecular formula is C24H24N2O3. The van der Waals surface area contributed by atoms with Gasteiger partial charge in [-0.1, -0.05) is 60.7 Å². The number of ether oxygens (including phenoxy) is 1. The van der Waals surface area contributed by atoms with Gasteiger partial charge in [0.1, 0.15) is 11.2 Å². The van der Waals surface area contributed by atoms with Crippen molar-refractivity contribution in [2.24, 2.45) is 5.41 Å². The van der Waals surface area contributed by atoms with Crippen LogP contribution in [0.5, 0.6) is 11.5 Å². The lowest BCUT2D eigenvalue weighted by molar-refractivity contribution is -0.138. The average molecular weight is 388 g/mol. The minimum Gasteiger partial charge on any atom is -0.455 e. The van der Waals surface area contributed by atoms with Crippen LogP contribution in [0.15, 0.2) is 84.9 Å². The molecule has 0 spiro atoms. The van der Waals surface area contributed by atoms with E-state index in [4.69, 9.17) is 4.74 Å². The van der Waals surface area contributed by atoms with Gasteiger partial charge >= 0.3 is 0 Å². The number of carbonyl (C=O) groups is 2. The standard InChI is InChI=1S/C24H24N2O3/c1-24(2,22(27)25-17-18-11-5-3-6-12-18)23(28)26-20-15-9-10-16-21(20)29-19-13-7-4-8-14-19/h3-16H,17H2,1-2H3,(H,25,27)(H,26,28). The summed E-state index contributed by atoms with van der Waals surface area (Å²) in [6.45, 7) is 3.57. The van der Waals surface area contributed by atoms with E-state index >= 15 is 0 Å². The van der Waals surface area contributed by atoms with Crippen LogP contribution in [0.25, 0.3) is 0 Å². The number of anilines is 1. The topological polar surface area (TPSA) is 67.4 Å². The molecule has 3 aromatic rings. The number of amides is 2. The molecule has 0 fully saturated rings. The maximum Gasteiger partial charge on any atom is 0.239 e. The fourth-order valence-electron chi connectivity index (χ4n) is 2.66. The van der Waals surface area contributed by atoms with E-state index in [1.54, 1.807) is 32.0 Å². The Morgan fingerprint density at radius 3 is 2.07 bits per heavy atom. The second-order valence-electron chi connectivity index (χ2n) is 7.16. The van der Waals surface area contributed by atoms with E-state index in [0.29, 0.717) is 23.7 Å². The molecule has 0 radical (unpaired) electrons. The van der Waals surface area contributed by atoms with Gasteiger partial charge in [-0.25, -0.2) is 0 Å². The van der Waals surface area contributed by atoms with Crippen molar-refractivity contribution >= 4 is 17.5 Å². The first kappa shape index (κ1) is 20.1. The van der Waals surface area contributed by atoms with Crippen molar-refractivity contribution in [1.29, 1.82) is 0 Å². The van der Waals surface area contributed by atoms with Crippen LogP contribution in [0, 0.1) is 5.41 Å². The molecule has 0 saturated carbocycles. The van der Waals surface area contributed by atoms with Crippen molar-refractivity contribution in [3.63, 3.8) is 0 Å². The van der Waals surface area contributed by atoms with Crippen molar-refractivity contribution in [3.05, 3.63) is 90.5 Å². The number of rotatable bonds is 7. The van der Waals surface area contributed by atoms with Gasteiger partial charge < -0.3 is 15.4 Å². The maximum absolute atomic E-state index is 12.9. The summed E-state index contributed by atoms with van der Waals surface area (Å²) in [4.78, 5) is 25.5. The van der Waals surface area contributed by atoms with Crippen molar-refractivity contribution < 1.29 is 14.3 Å². The van der Waals surface area contributed by atoms with Crippen molar-refractivity contribution in [3.8, 4) is 11.5 Å². The van der Waals surface area contributed by atoms with Crippen molar-refractivity contribution in [2.75, 3.05) is 5.32 Å². The molecule has 29 heavy (non-hydrogen) atoms. The zero-order chi connectivity index (χ0) is 20.7. The number of nitrogens with one attached hydrogen (secondary N) is 2. The highest BCUT2D eigenvalue weighted by Gasteiger charge is 2.36. The van der Waals surface area contributed by atoms with Gasteiger partial charge in [-0.15, -0.1) is 0 Å². The molecule has 0 aliphatic rings. The van der Waals surface area contributed by atoms with Crippen LogP contribution in [0.3, 0.4) is 0 Å². The molecule has 5 heteroatoms. The van der Waals surface area contributed by atoms with E-state index in [1.807, 2.05) is 66.7 Å². The van der Waals surface area contributed by atoms with Gasteiger partial charge in [0.05, 0.1) is 5.69 Å². The van der Waals surface area contributed by atoms with Crippen LogP contribution in [0.1, 0.15) is 19.4 Å². The molecule has 3 aromatic carbocycles. The van der Waals surface area contributed by atoms with E-state index in [2.05, 4.69) is 10.6 Å². The smallest absolute Gasteiger partial charge is 0.239 e. The van der Waals surface area contributed by atoms with E-state index in [-0.39, 0.29) is 5.91 Å². The summed E-state index contributed by atoms with van der Waals surface area (Å²) in [6, 6.07) is 26.0. The molecule has 0 heterocycles. The van der Waals surface area contributed by atoms with Crippen LogP contribution in [-0.4, -0.2) is 11.8 Å². The first-order valence-electron chi connectivity index (χ1n) is 9.42. The Morgan fingerprint density at radius 2 is 1.38 bits per heavy atom. The van der Waals surface area contributed by atoms with Crippen molar-refractivity contribution in [2.45, 2.75) is 20.4 Å². The minimum absolute atomic E-state index is 0.347. The van der Waals surface area contributed by atoms with Crippen LogP contribution in [-0.2, 0) is 16.1 Å². The Kier molecular flexibility index (Phi) is 6.29. The van der Waals surface area contributed by atoms with E-state index in [9.17, 15) is 9.59 Å². The van der Waals surface area contributed by atoms with Crippen LogP contribution in [0.2, 0.25) is 0 Å². The molecule has 0 bridgehead atoms. The summed E-state index contributed by atoms with van der Waals surface area (Å²) in [5.41, 5.74) is 0.221. The fourth-order valence-corrected chi connectivity index (χ4v) is 2.66. The largest absolute Gasteiger partial charge is 0.455 e. The first-order chi connectivity index (χ1) is 14.0. The summed E-state index contributed by atoms with van der Waals surface area (Å²) in [5.74, 6) is 0.411. The lowest BCUT2D eigenvalue weighted by Gasteiger charge is -2.23. The zero-order valence-corrected chi connectivity index (χ0v) is 16.5. The molecule has 0 saturated heterocycles. The van der Waals surface area contributed by atoms with Gasteiger partial charge in [-0.2, -0.15) is 0 Å². The second-order valence-corrected chi connectivity index (χ2v) is 7.16. The molecule has 0 unspecified atom stereocenters. The van der Waals surface area contributed by atoms with Gasteiger partial charge in [-0.3, -0.25) is 9.59 Å². The van der Waals surface area contributed by atoms with Crippen LogP contribution < -0.4 is 15.4 Å². The molecule has 0 aliphatic heterocycles. The molecule has 3 rings (SSSR count). The quantitative estimate of drug-likeness (QED) is 0.574. The highest BCUT2D eigenvalue weighted by molar-refractivity contribution is 6.10. The minimum atomic E-state index is -1.26. The van der Waals surface area contributed by atoms with Crippen molar-refractivity contribution in [1.82, 2.24) is 5.32 Å².